The first-order valence-corrected chi connectivity index (χ1v) is 7.38. The number of rotatable bonds is 5. The van der Waals surface area contributed by atoms with Crippen molar-refractivity contribution in [3.8, 4) is 0 Å². The Morgan fingerprint density at radius 1 is 1.33 bits per heavy atom. The average Bonchev–Trinajstić information content (AvgIpc) is 3.15. The minimum atomic E-state index is -1.19. The third-order valence-corrected chi connectivity index (χ3v) is 3.84. The van der Waals surface area contributed by atoms with E-state index in [0.29, 0.717) is 5.69 Å². The van der Waals surface area contributed by atoms with Crippen LogP contribution in [0.5, 0.6) is 0 Å². The molecule has 8 nitrogen and oxygen atoms in total. The van der Waals surface area contributed by atoms with Crippen LogP contribution in [0.25, 0.3) is 10.9 Å². The number of carboxylic acids is 1. The van der Waals surface area contributed by atoms with Crippen LogP contribution in [-0.4, -0.2) is 37.0 Å². The number of amides is 1. The highest BCUT2D eigenvalue weighted by atomic mass is 16.4. The number of H-pyrrole nitrogens is 1. The van der Waals surface area contributed by atoms with E-state index in [2.05, 4.69) is 20.6 Å². The lowest BCUT2D eigenvalue weighted by atomic mass is 10.1. The molecule has 0 aliphatic rings. The van der Waals surface area contributed by atoms with Gasteiger partial charge in [0.2, 0.25) is 5.91 Å². The zero-order valence-corrected chi connectivity index (χ0v) is 13.3. The zero-order valence-electron chi connectivity index (χ0n) is 13.3. The van der Waals surface area contributed by atoms with Crippen molar-refractivity contribution in [1.82, 2.24) is 20.0 Å². The molecule has 24 heavy (non-hydrogen) atoms. The van der Waals surface area contributed by atoms with Gasteiger partial charge in [0.15, 0.2) is 5.54 Å². The number of aromatic nitrogens is 4. The lowest BCUT2D eigenvalue weighted by Gasteiger charge is -2.19. The minimum absolute atomic E-state index is 0.133. The van der Waals surface area contributed by atoms with Gasteiger partial charge in [-0.15, -0.1) is 0 Å². The van der Waals surface area contributed by atoms with Crippen LogP contribution in [0.15, 0.2) is 36.7 Å². The highest BCUT2D eigenvalue weighted by Crippen LogP contribution is 2.18. The summed E-state index contributed by atoms with van der Waals surface area (Å²) in [5.41, 5.74) is 0.776. The van der Waals surface area contributed by atoms with Gasteiger partial charge in [0, 0.05) is 11.6 Å². The van der Waals surface area contributed by atoms with E-state index in [-0.39, 0.29) is 12.3 Å². The smallest absolute Gasteiger partial charge is 0.331 e. The van der Waals surface area contributed by atoms with Crippen molar-refractivity contribution in [2.24, 2.45) is 0 Å². The van der Waals surface area contributed by atoms with Crippen LogP contribution in [-0.2, 0) is 21.5 Å². The standard InChI is InChI=1S/C16H17N5O3/c1-16(2,15(23)24)21-9-10(8-17-21)18-14(22)7-13-11-5-3-4-6-12(11)19-20-13/h3-6,8-9H,7H2,1-2H3,(H,18,22)(H,19,20)(H,23,24). The lowest BCUT2D eigenvalue weighted by molar-refractivity contribution is -0.146. The van der Waals surface area contributed by atoms with Crippen LogP contribution in [0.3, 0.4) is 0 Å². The summed E-state index contributed by atoms with van der Waals surface area (Å²) in [6.45, 7) is 3.06. The maximum atomic E-state index is 12.2. The number of hydrogen-bond acceptors (Lipinski definition) is 4. The van der Waals surface area contributed by atoms with Gasteiger partial charge in [0.05, 0.1) is 29.5 Å². The molecule has 0 radical (unpaired) electrons. The van der Waals surface area contributed by atoms with E-state index >= 15 is 0 Å². The Balaban J connectivity index is 1.72. The van der Waals surface area contributed by atoms with Crippen LogP contribution >= 0.6 is 0 Å². The molecular formula is C16H17N5O3. The van der Waals surface area contributed by atoms with Crippen molar-refractivity contribution in [3.05, 3.63) is 42.4 Å². The Kier molecular flexibility index (Phi) is 3.80. The molecular weight excluding hydrogens is 310 g/mol. The SMILES string of the molecule is CC(C)(C(=O)O)n1cc(NC(=O)Cc2[nH]nc3ccccc23)cn1. The van der Waals surface area contributed by atoms with Crippen LogP contribution in [0.1, 0.15) is 19.5 Å². The highest BCUT2D eigenvalue weighted by Gasteiger charge is 2.30. The molecule has 0 unspecified atom stereocenters. The fraction of sp³-hybridized carbons (Fsp3) is 0.250. The predicted molar refractivity (Wildman–Crippen MR) is 87.6 cm³/mol. The molecule has 1 amide bonds. The second-order valence-corrected chi connectivity index (χ2v) is 5.98. The number of carbonyl (C=O) groups is 2. The molecule has 3 rings (SSSR count). The van der Waals surface area contributed by atoms with Gasteiger partial charge >= 0.3 is 5.97 Å². The van der Waals surface area contributed by atoms with E-state index in [0.717, 1.165) is 16.6 Å². The van der Waals surface area contributed by atoms with Crippen molar-refractivity contribution in [2.45, 2.75) is 25.8 Å². The molecule has 0 aliphatic heterocycles. The van der Waals surface area contributed by atoms with Crippen molar-refractivity contribution < 1.29 is 14.7 Å². The molecule has 2 heterocycles. The minimum Gasteiger partial charge on any atom is -0.479 e. The van der Waals surface area contributed by atoms with Crippen LogP contribution in [0.4, 0.5) is 5.69 Å². The Morgan fingerprint density at radius 3 is 2.83 bits per heavy atom. The maximum Gasteiger partial charge on any atom is 0.331 e. The lowest BCUT2D eigenvalue weighted by Crippen LogP contribution is -2.35. The molecule has 3 N–H and O–H groups in total. The number of benzene rings is 1. The molecule has 0 bridgehead atoms. The van der Waals surface area contributed by atoms with Crippen LogP contribution in [0, 0.1) is 0 Å². The number of anilines is 1. The van der Waals surface area contributed by atoms with E-state index in [1.54, 1.807) is 0 Å². The number of hydrogen-bond donors (Lipinski definition) is 3. The first-order chi connectivity index (χ1) is 11.4. The molecule has 2 aromatic heterocycles. The van der Waals surface area contributed by atoms with Gasteiger partial charge in [-0.25, -0.2) is 4.79 Å². The second kappa shape index (κ2) is 5.80. The third-order valence-electron chi connectivity index (χ3n) is 3.84. The molecule has 0 aliphatic carbocycles. The first kappa shape index (κ1) is 15.7. The summed E-state index contributed by atoms with van der Waals surface area (Å²) in [7, 11) is 0. The third kappa shape index (κ3) is 2.85. The van der Waals surface area contributed by atoms with Gasteiger partial charge in [-0.2, -0.15) is 10.2 Å². The Bertz CT molecular complexity index is 909. The largest absolute Gasteiger partial charge is 0.479 e. The molecule has 124 valence electrons. The van der Waals surface area contributed by atoms with Crippen molar-refractivity contribution >= 4 is 28.5 Å². The fourth-order valence-corrected chi connectivity index (χ4v) is 2.31. The van der Waals surface area contributed by atoms with Crippen LogP contribution < -0.4 is 5.32 Å². The summed E-state index contributed by atoms with van der Waals surface area (Å²) < 4.78 is 1.30. The molecule has 3 aromatic rings. The maximum absolute atomic E-state index is 12.2. The van der Waals surface area contributed by atoms with E-state index < -0.39 is 11.5 Å². The second-order valence-electron chi connectivity index (χ2n) is 5.98. The summed E-state index contributed by atoms with van der Waals surface area (Å²) in [6.07, 6.45) is 3.05. The quantitative estimate of drug-likeness (QED) is 0.661. The van der Waals surface area contributed by atoms with Crippen molar-refractivity contribution in [3.63, 3.8) is 0 Å². The number of para-hydroxylation sites is 1. The topological polar surface area (TPSA) is 113 Å². The summed E-state index contributed by atoms with van der Waals surface area (Å²) in [4.78, 5) is 23.4. The number of aromatic amines is 1. The number of aliphatic carboxylic acids is 1. The van der Waals surface area contributed by atoms with Gasteiger partial charge in [-0.3, -0.25) is 14.6 Å². The van der Waals surface area contributed by atoms with E-state index in [1.165, 1.54) is 30.9 Å². The number of fused-ring (bicyclic) bond motifs is 1. The van der Waals surface area contributed by atoms with E-state index in [4.69, 9.17) is 0 Å². The highest BCUT2D eigenvalue weighted by molar-refractivity contribution is 5.94. The molecule has 1 aromatic carbocycles. The predicted octanol–water partition coefficient (Wildman–Crippen LogP) is 1.76. The van der Waals surface area contributed by atoms with Gasteiger partial charge in [-0.1, -0.05) is 18.2 Å². The van der Waals surface area contributed by atoms with Gasteiger partial charge in [-0.05, 0) is 19.9 Å². The van der Waals surface area contributed by atoms with Crippen LogP contribution in [0.2, 0.25) is 0 Å². The molecule has 0 saturated heterocycles. The molecule has 0 atom stereocenters. The normalized spacial score (nSPS) is 11.6. The monoisotopic (exact) mass is 327 g/mol. The summed E-state index contributed by atoms with van der Waals surface area (Å²) in [5, 5.41) is 23.8. The summed E-state index contributed by atoms with van der Waals surface area (Å²) >= 11 is 0. The van der Waals surface area contributed by atoms with Crippen molar-refractivity contribution in [1.29, 1.82) is 0 Å². The molecule has 8 heteroatoms. The van der Waals surface area contributed by atoms with E-state index in [1.807, 2.05) is 24.3 Å². The fourth-order valence-electron chi connectivity index (χ4n) is 2.31. The summed E-state index contributed by atoms with van der Waals surface area (Å²) in [5.74, 6) is -1.25. The number of nitrogens with zero attached hydrogens (tertiary/aromatic N) is 3. The van der Waals surface area contributed by atoms with Crippen molar-refractivity contribution in [2.75, 3.05) is 5.32 Å². The zero-order chi connectivity index (χ0) is 17.3. The molecule has 0 saturated carbocycles. The summed E-state index contributed by atoms with van der Waals surface area (Å²) in [6, 6.07) is 7.53. The van der Waals surface area contributed by atoms with Gasteiger partial charge in [0.1, 0.15) is 0 Å². The van der Waals surface area contributed by atoms with E-state index in [9.17, 15) is 14.7 Å². The number of carboxylic acid groups (broad SMARTS) is 1. The Labute approximate surface area is 137 Å². The molecule has 0 fully saturated rings. The van der Waals surface area contributed by atoms with Gasteiger partial charge < -0.3 is 10.4 Å². The first-order valence-electron chi connectivity index (χ1n) is 7.38. The Hall–Kier alpha value is -3.16. The average molecular weight is 327 g/mol. The number of carbonyl (C=O) groups excluding carboxylic acids is 1. The number of nitrogens with one attached hydrogen (secondary N) is 2. The van der Waals surface area contributed by atoms with Gasteiger partial charge in [0.25, 0.3) is 0 Å². The Morgan fingerprint density at radius 2 is 2.08 bits per heavy atom. The molecule has 0 spiro atoms.